The molecule has 1 unspecified atom stereocenters. The Morgan fingerprint density at radius 3 is 2.50 bits per heavy atom. The average molecular weight is 220 g/mol. The number of hydrogen-bond donors (Lipinski definition) is 1. The molecule has 0 aromatic heterocycles. The van der Waals surface area contributed by atoms with Crippen LogP contribution >= 0.6 is 0 Å². The van der Waals surface area contributed by atoms with Crippen LogP contribution in [0.1, 0.15) is 25.3 Å². The van der Waals surface area contributed by atoms with E-state index < -0.39 is 0 Å². The van der Waals surface area contributed by atoms with Gasteiger partial charge in [0, 0.05) is 12.6 Å². The summed E-state index contributed by atoms with van der Waals surface area (Å²) in [5.41, 5.74) is 7.23. The van der Waals surface area contributed by atoms with E-state index >= 15 is 0 Å². The molecule has 0 aliphatic heterocycles. The zero-order chi connectivity index (χ0) is 11.8. The fourth-order valence-electron chi connectivity index (χ4n) is 1.90. The van der Waals surface area contributed by atoms with Crippen molar-refractivity contribution in [3.8, 4) is 0 Å². The van der Waals surface area contributed by atoms with Crippen molar-refractivity contribution in [1.82, 2.24) is 4.90 Å². The molecule has 1 atom stereocenters. The summed E-state index contributed by atoms with van der Waals surface area (Å²) in [5, 5.41) is 0. The minimum atomic E-state index is 0.467. The number of unbranched alkanes of at least 4 members (excludes halogenated alkanes) is 1. The predicted octanol–water partition coefficient (Wildman–Crippen LogP) is 2.29. The third-order valence-electron chi connectivity index (χ3n) is 3.07. The van der Waals surface area contributed by atoms with Gasteiger partial charge in [-0.05, 0) is 32.0 Å². The molecule has 1 aromatic rings. The molecule has 0 heterocycles. The van der Waals surface area contributed by atoms with Crippen molar-refractivity contribution in [3.05, 3.63) is 35.9 Å². The first-order chi connectivity index (χ1) is 7.77. The number of hydrogen-bond acceptors (Lipinski definition) is 2. The predicted molar refractivity (Wildman–Crippen MR) is 70.5 cm³/mol. The SMILES string of the molecule is CCCCN(C)C(CN)Cc1ccccc1. The van der Waals surface area contributed by atoms with Crippen LogP contribution in [0.3, 0.4) is 0 Å². The number of nitrogens with zero attached hydrogens (tertiary/aromatic N) is 1. The number of benzene rings is 1. The Balaban J connectivity index is 2.48. The van der Waals surface area contributed by atoms with Crippen molar-refractivity contribution in [2.24, 2.45) is 5.73 Å². The maximum Gasteiger partial charge on any atom is 0.0255 e. The lowest BCUT2D eigenvalue weighted by Gasteiger charge is -2.26. The van der Waals surface area contributed by atoms with E-state index in [2.05, 4.69) is 49.2 Å². The Kier molecular flexibility index (Phi) is 6.12. The highest BCUT2D eigenvalue weighted by molar-refractivity contribution is 5.16. The van der Waals surface area contributed by atoms with Gasteiger partial charge in [-0.15, -0.1) is 0 Å². The van der Waals surface area contributed by atoms with Crippen molar-refractivity contribution in [1.29, 1.82) is 0 Å². The van der Waals surface area contributed by atoms with Crippen LogP contribution in [0.2, 0.25) is 0 Å². The molecule has 0 aliphatic rings. The van der Waals surface area contributed by atoms with Gasteiger partial charge in [0.1, 0.15) is 0 Å². The lowest BCUT2D eigenvalue weighted by molar-refractivity contribution is 0.242. The first-order valence-corrected chi connectivity index (χ1v) is 6.22. The van der Waals surface area contributed by atoms with Crippen LogP contribution < -0.4 is 5.73 Å². The third-order valence-corrected chi connectivity index (χ3v) is 3.07. The monoisotopic (exact) mass is 220 g/mol. The van der Waals surface area contributed by atoms with Crippen LogP contribution in [0.15, 0.2) is 30.3 Å². The molecule has 0 fully saturated rings. The quantitative estimate of drug-likeness (QED) is 0.764. The van der Waals surface area contributed by atoms with Crippen LogP contribution in [0.25, 0.3) is 0 Å². The Morgan fingerprint density at radius 2 is 1.94 bits per heavy atom. The topological polar surface area (TPSA) is 29.3 Å². The fraction of sp³-hybridized carbons (Fsp3) is 0.571. The summed E-state index contributed by atoms with van der Waals surface area (Å²) < 4.78 is 0. The van der Waals surface area contributed by atoms with Crippen molar-refractivity contribution >= 4 is 0 Å². The molecule has 2 heteroatoms. The largest absolute Gasteiger partial charge is 0.329 e. The van der Waals surface area contributed by atoms with E-state index in [0.717, 1.165) is 19.5 Å². The standard InChI is InChI=1S/C14H24N2/c1-3-4-10-16(2)14(12-15)11-13-8-6-5-7-9-13/h5-9,14H,3-4,10-12,15H2,1-2H3. The number of likely N-dealkylation sites (N-methyl/N-ethyl adjacent to an activating group) is 1. The highest BCUT2D eigenvalue weighted by atomic mass is 15.1. The van der Waals surface area contributed by atoms with Gasteiger partial charge in [0.15, 0.2) is 0 Å². The molecule has 0 aliphatic carbocycles. The zero-order valence-corrected chi connectivity index (χ0v) is 10.5. The van der Waals surface area contributed by atoms with Gasteiger partial charge in [0.25, 0.3) is 0 Å². The minimum absolute atomic E-state index is 0.467. The van der Waals surface area contributed by atoms with Crippen LogP contribution in [0, 0.1) is 0 Å². The van der Waals surface area contributed by atoms with Crippen molar-refractivity contribution in [2.75, 3.05) is 20.1 Å². The van der Waals surface area contributed by atoms with Crippen molar-refractivity contribution in [3.63, 3.8) is 0 Å². The van der Waals surface area contributed by atoms with E-state index in [1.165, 1.54) is 18.4 Å². The van der Waals surface area contributed by atoms with Crippen LogP contribution in [-0.4, -0.2) is 31.1 Å². The highest BCUT2D eigenvalue weighted by Crippen LogP contribution is 2.07. The van der Waals surface area contributed by atoms with E-state index in [4.69, 9.17) is 5.73 Å². The smallest absolute Gasteiger partial charge is 0.0255 e. The molecule has 16 heavy (non-hydrogen) atoms. The molecule has 0 radical (unpaired) electrons. The van der Waals surface area contributed by atoms with Gasteiger partial charge >= 0.3 is 0 Å². The minimum Gasteiger partial charge on any atom is -0.329 e. The van der Waals surface area contributed by atoms with Crippen LogP contribution in [0.4, 0.5) is 0 Å². The van der Waals surface area contributed by atoms with Gasteiger partial charge < -0.3 is 10.6 Å². The van der Waals surface area contributed by atoms with Crippen molar-refractivity contribution in [2.45, 2.75) is 32.2 Å². The molecule has 1 aromatic carbocycles. The molecule has 0 spiro atoms. The second-order valence-corrected chi connectivity index (χ2v) is 4.41. The summed E-state index contributed by atoms with van der Waals surface area (Å²) >= 11 is 0. The van der Waals surface area contributed by atoms with Gasteiger partial charge in [-0.1, -0.05) is 43.7 Å². The second-order valence-electron chi connectivity index (χ2n) is 4.41. The third kappa shape index (κ3) is 4.33. The number of rotatable bonds is 7. The highest BCUT2D eigenvalue weighted by Gasteiger charge is 2.12. The summed E-state index contributed by atoms with van der Waals surface area (Å²) in [5.74, 6) is 0. The Morgan fingerprint density at radius 1 is 1.25 bits per heavy atom. The molecule has 0 saturated heterocycles. The Labute approximate surface area is 99.5 Å². The molecule has 0 amide bonds. The molecular formula is C14H24N2. The molecule has 2 nitrogen and oxygen atoms in total. The van der Waals surface area contributed by atoms with Crippen molar-refractivity contribution < 1.29 is 0 Å². The lowest BCUT2D eigenvalue weighted by atomic mass is 10.0. The Bertz CT molecular complexity index is 271. The molecule has 2 N–H and O–H groups in total. The van der Waals surface area contributed by atoms with E-state index in [1.807, 2.05) is 0 Å². The van der Waals surface area contributed by atoms with Gasteiger partial charge in [0.2, 0.25) is 0 Å². The maximum atomic E-state index is 5.85. The normalized spacial score (nSPS) is 13.0. The zero-order valence-electron chi connectivity index (χ0n) is 10.5. The van der Waals surface area contributed by atoms with Gasteiger partial charge in [0.05, 0.1) is 0 Å². The van der Waals surface area contributed by atoms with Gasteiger partial charge in [-0.3, -0.25) is 0 Å². The van der Waals surface area contributed by atoms with E-state index in [1.54, 1.807) is 0 Å². The molecule has 1 rings (SSSR count). The molecule has 0 saturated carbocycles. The van der Waals surface area contributed by atoms with Gasteiger partial charge in [-0.2, -0.15) is 0 Å². The fourth-order valence-corrected chi connectivity index (χ4v) is 1.90. The molecular weight excluding hydrogens is 196 g/mol. The number of nitrogens with two attached hydrogens (primary N) is 1. The maximum absolute atomic E-state index is 5.85. The summed E-state index contributed by atoms with van der Waals surface area (Å²) in [6.07, 6.45) is 3.55. The average Bonchev–Trinajstić information content (AvgIpc) is 2.34. The van der Waals surface area contributed by atoms with E-state index in [0.29, 0.717) is 6.04 Å². The van der Waals surface area contributed by atoms with E-state index in [-0.39, 0.29) is 0 Å². The van der Waals surface area contributed by atoms with Gasteiger partial charge in [-0.25, -0.2) is 0 Å². The summed E-state index contributed by atoms with van der Waals surface area (Å²) in [6.45, 7) is 4.10. The molecule has 0 bridgehead atoms. The summed E-state index contributed by atoms with van der Waals surface area (Å²) in [7, 11) is 2.18. The first kappa shape index (κ1) is 13.2. The first-order valence-electron chi connectivity index (χ1n) is 6.22. The van der Waals surface area contributed by atoms with Crippen LogP contribution in [0.5, 0.6) is 0 Å². The second kappa shape index (κ2) is 7.42. The molecule has 90 valence electrons. The summed E-state index contributed by atoms with van der Waals surface area (Å²) in [6, 6.07) is 11.1. The lowest BCUT2D eigenvalue weighted by Crippen LogP contribution is -2.40. The van der Waals surface area contributed by atoms with Crippen LogP contribution in [-0.2, 0) is 6.42 Å². The van der Waals surface area contributed by atoms with E-state index in [9.17, 15) is 0 Å². The summed E-state index contributed by atoms with van der Waals surface area (Å²) in [4.78, 5) is 2.39. The Hall–Kier alpha value is -0.860.